The molecule has 0 saturated carbocycles. The van der Waals surface area contributed by atoms with Gasteiger partial charge >= 0.3 is 0 Å². The molecule has 9 heteroatoms. The first-order valence-corrected chi connectivity index (χ1v) is 7.98. The second kappa shape index (κ2) is 8.84. The first kappa shape index (κ1) is 19.2. The molecule has 0 amide bonds. The van der Waals surface area contributed by atoms with Crippen molar-refractivity contribution < 1.29 is 9.47 Å². The second-order valence-electron chi connectivity index (χ2n) is 5.63. The highest BCUT2D eigenvalue weighted by Gasteiger charge is 2.21. The van der Waals surface area contributed by atoms with Gasteiger partial charge in [-0.25, -0.2) is 10.4 Å². The van der Waals surface area contributed by atoms with E-state index in [1.807, 2.05) is 12.1 Å². The molecule has 1 aliphatic rings. The molecule has 138 valence electrons. The summed E-state index contributed by atoms with van der Waals surface area (Å²) in [7, 11) is 1.61. The highest BCUT2D eigenvalue weighted by molar-refractivity contribution is 5.97. The van der Waals surface area contributed by atoms with E-state index in [4.69, 9.17) is 21.2 Å². The zero-order chi connectivity index (χ0) is 19.1. The van der Waals surface area contributed by atoms with Crippen LogP contribution < -0.4 is 31.9 Å². The molecule has 0 fully saturated rings. The summed E-state index contributed by atoms with van der Waals surface area (Å²) in [5, 5.41) is 10.0. The molecule has 26 heavy (non-hydrogen) atoms. The summed E-state index contributed by atoms with van der Waals surface area (Å²) in [5.74, 6) is 18.5. The molecular formula is C17H23N7O2. The third kappa shape index (κ3) is 4.30. The van der Waals surface area contributed by atoms with Crippen molar-refractivity contribution >= 4 is 5.84 Å². The zero-order valence-corrected chi connectivity index (χ0v) is 15.2. The molecule has 0 aliphatic carbocycles. The smallest absolute Gasteiger partial charge is 0.219 e. The van der Waals surface area contributed by atoms with Crippen LogP contribution in [0.1, 0.15) is 37.8 Å². The normalized spacial score (nSPS) is 16.5. The van der Waals surface area contributed by atoms with Gasteiger partial charge in [-0.3, -0.25) is 5.84 Å². The van der Waals surface area contributed by atoms with Gasteiger partial charge in [0.15, 0.2) is 12.0 Å². The second-order valence-corrected chi connectivity index (χ2v) is 5.63. The maximum Gasteiger partial charge on any atom is 0.219 e. The number of hydrazine groups is 1. The molecule has 1 unspecified atom stereocenters. The molecule has 2 rings (SSSR count). The summed E-state index contributed by atoms with van der Waals surface area (Å²) in [4.78, 5) is 4.22. The minimum absolute atomic E-state index is 0.190. The summed E-state index contributed by atoms with van der Waals surface area (Å²) in [5.41, 5.74) is 4.14. The monoisotopic (exact) mass is 357 g/mol. The Labute approximate surface area is 152 Å². The van der Waals surface area contributed by atoms with Gasteiger partial charge in [-0.1, -0.05) is 25.0 Å². The van der Waals surface area contributed by atoms with E-state index in [1.165, 1.54) is 0 Å². The number of benzene rings is 1. The fourth-order valence-electron chi connectivity index (χ4n) is 2.37. The Bertz CT molecular complexity index is 803. The number of hydrogen-bond donors (Lipinski definition) is 4. The third-order valence-electron chi connectivity index (χ3n) is 3.59. The number of nitrogens with two attached hydrogens (primary N) is 2. The third-order valence-corrected chi connectivity index (χ3v) is 3.59. The Balaban J connectivity index is 2.47. The van der Waals surface area contributed by atoms with Gasteiger partial charge in [-0.2, -0.15) is 0 Å². The van der Waals surface area contributed by atoms with E-state index in [0.717, 1.165) is 11.1 Å². The zero-order valence-electron chi connectivity index (χ0n) is 15.2. The van der Waals surface area contributed by atoms with Crippen LogP contribution >= 0.6 is 0 Å². The Morgan fingerprint density at radius 3 is 2.69 bits per heavy atom. The lowest BCUT2D eigenvalue weighted by molar-refractivity contribution is 0.402. The molecule has 1 heterocycles. The summed E-state index contributed by atoms with van der Waals surface area (Å²) in [6.07, 6.45) is 1.05. The molecule has 1 aromatic rings. The number of nitrogens with zero attached hydrogens (tertiary/aromatic N) is 3. The van der Waals surface area contributed by atoms with Crippen molar-refractivity contribution in [2.75, 3.05) is 7.11 Å². The highest BCUT2D eigenvalue weighted by atomic mass is 16.5. The fourth-order valence-corrected chi connectivity index (χ4v) is 2.37. The predicted octanol–water partition coefficient (Wildman–Crippen LogP) is 1.48. The van der Waals surface area contributed by atoms with Crippen molar-refractivity contribution in [2.45, 2.75) is 33.0 Å². The predicted molar refractivity (Wildman–Crippen MR) is 99.1 cm³/mol. The minimum atomic E-state index is -0.551. The van der Waals surface area contributed by atoms with Crippen molar-refractivity contribution in [3.63, 3.8) is 0 Å². The molecular weight excluding hydrogens is 334 g/mol. The highest BCUT2D eigenvalue weighted by Crippen LogP contribution is 2.34. The number of nitrogens with one attached hydrogen (secondary N) is 2. The molecule has 6 N–H and O–H groups in total. The maximum atomic E-state index is 6.06. The van der Waals surface area contributed by atoms with E-state index in [2.05, 4.69) is 51.8 Å². The Morgan fingerprint density at radius 2 is 2.12 bits per heavy atom. The van der Waals surface area contributed by atoms with Crippen LogP contribution in [0.3, 0.4) is 0 Å². The van der Waals surface area contributed by atoms with Crippen LogP contribution in [-0.2, 0) is 0 Å². The molecule has 0 spiro atoms. The number of aliphatic imine (C=N–C) groups is 1. The van der Waals surface area contributed by atoms with Gasteiger partial charge in [0.1, 0.15) is 11.5 Å². The van der Waals surface area contributed by atoms with E-state index in [-0.39, 0.29) is 11.8 Å². The SMILES string of the molecule is CC#Cc1cc(OC2=CNC(NN)N=C2N=NN)c(C(C)C)cc1OC. The molecule has 0 bridgehead atoms. The Hall–Kier alpha value is -3.09. The van der Waals surface area contributed by atoms with E-state index < -0.39 is 6.29 Å². The van der Waals surface area contributed by atoms with E-state index in [1.54, 1.807) is 20.2 Å². The van der Waals surface area contributed by atoms with Crippen molar-refractivity contribution in [3.05, 3.63) is 35.2 Å². The summed E-state index contributed by atoms with van der Waals surface area (Å²) < 4.78 is 11.5. The lowest BCUT2D eigenvalue weighted by Gasteiger charge is -2.22. The van der Waals surface area contributed by atoms with Crippen LogP contribution in [0.15, 0.2) is 39.4 Å². The summed E-state index contributed by atoms with van der Waals surface area (Å²) >= 11 is 0. The van der Waals surface area contributed by atoms with Gasteiger partial charge in [-0.05, 0) is 18.9 Å². The molecule has 0 aromatic heterocycles. The lowest BCUT2D eigenvalue weighted by atomic mass is 9.99. The van der Waals surface area contributed by atoms with Crippen LogP contribution in [0.2, 0.25) is 0 Å². The van der Waals surface area contributed by atoms with Gasteiger partial charge in [-0.15, -0.1) is 11.0 Å². The average Bonchev–Trinajstić information content (AvgIpc) is 2.63. The first-order chi connectivity index (χ1) is 12.5. The molecule has 1 atom stereocenters. The average molecular weight is 357 g/mol. The van der Waals surface area contributed by atoms with Gasteiger partial charge in [0.05, 0.1) is 12.7 Å². The van der Waals surface area contributed by atoms with Crippen molar-refractivity contribution in [1.82, 2.24) is 10.7 Å². The van der Waals surface area contributed by atoms with Gasteiger partial charge in [0.2, 0.25) is 5.84 Å². The molecule has 0 radical (unpaired) electrons. The van der Waals surface area contributed by atoms with Crippen LogP contribution in [0, 0.1) is 11.8 Å². The molecule has 9 nitrogen and oxygen atoms in total. The molecule has 1 aromatic carbocycles. The summed E-state index contributed by atoms with van der Waals surface area (Å²) in [6.45, 7) is 5.88. The first-order valence-electron chi connectivity index (χ1n) is 7.98. The van der Waals surface area contributed by atoms with E-state index >= 15 is 0 Å². The number of hydrogen-bond acceptors (Lipinski definition) is 8. The standard InChI is InChI=1S/C17H23N7O2/c1-5-6-11-7-14(12(10(2)3)8-13(11)25-4)26-15-9-20-17(22-18)21-16(15)23-24-19/h7-10,17,20,22H,18H2,1-4H3,(H2,19,21,23). The number of ether oxygens (including phenoxy) is 2. The minimum Gasteiger partial charge on any atom is -0.495 e. The van der Waals surface area contributed by atoms with Gasteiger partial charge < -0.3 is 20.6 Å². The number of methoxy groups -OCH3 is 1. The van der Waals surface area contributed by atoms with Crippen molar-refractivity contribution in [2.24, 2.45) is 27.0 Å². The quantitative estimate of drug-likeness (QED) is 0.273. The van der Waals surface area contributed by atoms with Crippen LogP contribution in [-0.4, -0.2) is 19.2 Å². The van der Waals surface area contributed by atoms with Crippen molar-refractivity contribution in [1.29, 1.82) is 0 Å². The maximum absolute atomic E-state index is 6.06. The Morgan fingerprint density at radius 1 is 1.35 bits per heavy atom. The number of amidine groups is 1. The van der Waals surface area contributed by atoms with Crippen LogP contribution in [0.5, 0.6) is 11.5 Å². The largest absolute Gasteiger partial charge is 0.495 e. The topological polar surface area (TPSA) is 132 Å². The fraction of sp³-hybridized carbons (Fsp3) is 0.353. The lowest BCUT2D eigenvalue weighted by Crippen LogP contribution is -2.45. The van der Waals surface area contributed by atoms with E-state index in [0.29, 0.717) is 17.3 Å². The number of rotatable bonds is 5. The van der Waals surface area contributed by atoms with Crippen LogP contribution in [0.25, 0.3) is 0 Å². The molecule has 1 aliphatic heterocycles. The van der Waals surface area contributed by atoms with Crippen molar-refractivity contribution in [3.8, 4) is 23.3 Å². The van der Waals surface area contributed by atoms with Crippen LogP contribution in [0.4, 0.5) is 0 Å². The van der Waals surface area contributed by atoms with Gasteiger partial charge in [0, 0.05) is 17.8 Å². The Kier molecular flexibility index (Phi) is 6.54. The van der Waals surface area contributed by atoms with E-state index in [9.17, 15) is 0 Å². The molecule has 0 saturated heterocycles. The van der Waals surface area contributed by atoms with Gasteiger partial charge in [0.25, 0.3) is 0 Å². The summed E-state index contributed by atoms with van der Waals surface area (Å²) in [6, 6.07) is 3.75.